The minimum Gasteiger partial charge on any atom is -0.351 e. The lowest BCUT2D eigenvalue weighted by atomic mass is 10.4. The van der Waals surface area contributed by atoms with Crippen LogP contribution in [-0.2, 0) is 0 Å². The van der Waals surface area contributed by atoms with Crippen molar-refractivity contribution in [1.29, 1.82) is 0 Å². The molecular weight excluding hydrogens is 597 g/mol. The Morgan fingerprint density at radius 1 is 0.426 bits per heavy atom. The number of nitrogens with one attached hydrogen (secondary N) is 2. The topological polar surface area (TPSA) is 79.4 Å². The highest BCUT2D eigenvalue weighted by molar-refractivity contribution is 7.07. The number of H-pyrrole nitrogens is 1. The van der Waals surface area contributed by atoms with Gasteiger partial charge in [0, 0.05) is 36.4 Å². The van der Waals surface area contributed by atoms with Crippen molar-refractivity contribution in [2.24, 2.45) is 0 Å². The minimum absolute atomic E-state index is 1.25. The molecule has 6 nitrogen and oxygen atoms in total. The number of hydrogen-bond acceptors (Lipinski definition) is 6. The zero-order chi connectivity index (χ0) is 39.1. The van der Waals surface area contributed by atoms with Crippen LogP contribution in [0.1, 0.15) is 151 Å². The molecule has 282 valence electrons. The predicted octanol–water partition coefficient (Wildman–Crippen LogP) is 14.3. The van der Waals surface area contributed by atoms with Crippen molar-refractivity contribution < 1.29 is 0 Å². The van der Waals surface area contributed by atoms with Crippen LogP contribution in [0.3, 0.4) is 0 Å². The van der Waals surface area contributed by atoms with Gasteiger partial charge in [-0.3, -0.25) is 4.98 Å². The summed E-state index contributed by atoms with van der Waals surface area (Å²) in [4.78, 5) is 17.5. The molecule has 0 aliphatic carbocycles. The van der Waals surface area contributed by atoms with Crippen LogP contribution in [0.2, 0.25) is 0 Å². The number of thiazole rings is 1. The van der Waals surface area contributed by atoms with E-state index < -0.39 is 0 Å². The first-order valence-electron chi connectivity index (χ1n) is 18.7. The van der Waals surface area contributed by atoms with E-state index in [4.69, 9.17) is 0 Å². The maximum absolute atomic E-state index is 3.74. The van der Waals surface area contributed by atoms with E-state index in [2.05, 4.69) is 30.2 Å². The van der Waals surface area contributed by atoms with Crippen LogP contribution in [-0.4, -0.2) is 38.0 Å². The molecule has 1 aliphatic heterocycles. The first kappa shape index (κ1) is 70.5. The van der Waals surface area contributed by atoms with Gasteiger partial charge in [0.2, 0.25) is 0 Å². The molecule has 5 rings (SSSR count). The smallest absolute Gasteiger partial charge is 0.115 e. The Kier molecular flexibility index (Phi) is 197. The molecule has 0 bridgehead atoms. The summed E-state index contributed by atoms with van der Waals surface area (Å²) < 4.78 is 0. The average molecular weight is 683 g/mol. The fourth-order valence-electron chi connectivity index (χ4n) is 1.65. The first-order valence-corrected chi connectivity index (χ1v) is 19.6. The van der Waals surface area contributed by atoms with Crippen molar-refractivity contribution >= 4 is 11.3 Å². The zero-order valence-electron chi connectivity index (χ0n) is 35.3. The molecule has 3 aromatic heterocycles. The van der Waals surface area contributed by atoms with Gasteiger partial charge in [-0.25, -0.2) is 15.0 Å². The molecule has 1 saturated heterocycles. The molecule has 2 N–H and O–H groups in total. The van der Waals surface area contributed by atoms with E-state index in [-0.39, 0.29) is 0 Å². The maximum Gasteiger partial charge on any atom is 0.115 e. The lowest BCUT2D eigenvalue weighted by Gasteiger charge is -1.76. The first-order chi connectivity index (χ1) is 23.5. The van der Waals surface area contributed by atoms with Crippen LogP contribution in [0.25, 0.3) is 0 Å². The third kappa shape index (κ3) is 125. The van der Waals surface area contributed by atoms with E-state index in [9.17, 15) is 0 Å². The van der Waals surface area contributed by atoms with Gasteiger partial charge < -0.3 is 10.3 Å². The van der Waals surface area contributed by atoms with E-state index in [0.29, 0.717) is 0 Å². The van der Waals surface area contributed by atoms with Gasteiger partial charge in [0.05, 0.1) is 11.8 Å². The standard InChI is InChI=1S/C6H6.C4H4N2.C4H9N.C3H4N2.C3H3NS.10C2H6/c1-2-4-6-5-3-1;1-2-5-4-6-3-1;1-2-4-5-3-1;2*1-2-5-3-4-1;10*1-2/h1-6H;1-4H;5H,1-4H2;1-3H,(H,4,5);1-3H;10*1-2H3. The van der Waals surface area contributed by atoms with Crippen LogP contribution in [0, 0.1) is 0 Å². The molecule has 4 aromatic rings. The molecule has 0 amide bonds. The zero-order valence-corrected chi connectivity index (χ0v) is 36.1. The number of aromatic amines is 1. The van der Waals surface area contributed by atoms with Crippen LogP contribution >= 0.6 is 11.3 Å². The summed E-state index contributed by atoms with van der Waals surface area (Å²) in [6.45, 7) is 42.5. The number of rotatable bonds is 0. The number of hydrogen-bond donors (Lipinski definition) is 2. The van der Waals surface area contributed by atoms with Crippen molar-refractivity contribution in [3.8, 4) is 0 Å². The molecule has 0 spiro atoms. The molecular formula is C40H86N6S. The van der Waals surface area contributed by atoms with E-state index >= 15 is 0 Å². The Morgan fingerprint density at radius 3 is 0.915 bits per heavy atom. The molecule has 47 heavy (non-hydrogen) atoms. The van der Waals surface area contributed by atoms with E-state index in [1.165, 1.54) is 32.3 Å². The van der Waals surface area contributed by atoms with Crippen molar-refractivity contribution in [2.45, 2.75) is 151 Å². The quantitative estimate of drug-likeness (QED) is 0.193. The highest BCUT2D eigenvalue weighted by atomic mass is 32.1. The maximum atomic E-state index is 3.74. The van der Waals surface area contributed by atoms with Gasteiger partial charge >= 0.3 is 0 Å². The fourth-order valence-corrected chi connectivity index (χ4v) is 2.01. The Morgan fingerprint density at radius 2 is 0.809 bits per heavy atom. The fraction of sp³-hybridized carbons (Fsp3) is 0.600. The highest BCUT2D eigenvalue weighted by Gasteiger charge is 1.93. The Balaban J connectivity index is -0.0000000403. The summed E-state index contributed by atoms with van der Waals surface area (Å²) in [5.41, 5.74) is 1.79. The van der Waals surface area contributed by atoms with Crippen LogP contribution in [0.5, 0.6) is 0 Å². The molecule has 4 heterocycles. The SMILES string of the molecule is C1CCNC1.CC.CC.CC.CC.CC.CC.CC.CC.CC.CC.c1c[nH]cn1.c1ccccc1.c1cncnc1.c1cscn1. The monoisotopic (exact) mass is 683 g/mol. The number of imidazole rings is 1. The van der Waals surface area contributed by atoms with Crippen molar-refractivity contribution in [3.05, 3.63) is 97.0 Å². The summed E-state index contributed by atoms with van der Waals surface area (Å²) in [5, 5.41) is 5.15. The minimum atomic E-state index is 1.25. The highest BCUT2D eigenvalue weighted by Crippen LogP contribution is 1.90. The second-order valence-electron chi connectivity index (χ2n) is 4.95. The lowest BCUT2D eigenvalue weighted by molar-refractivity contribution is 0.857. The summed E-state index contributed by atoms with van der Waals surface area (Å²) in [7, 11) is 0. The van der Waals surface area contributed by atoms with Crippen LogP contribution < -0.4 is 5.32 Å². The second-order valence-corrected chi connectivity index (χ2v) is 5.71. The molecule has 7 heteroatoms. The Labute approximate surface area is 302 Å². The molecule has 0 saturated carbocycles. The molecule has 0 unspecified atom stereocenters. The number of benzene rings is 1. The normalized spacial score (nSPS) is 7.57. The van der Waals surface area contributed by atoms with Crippen molar-refractivity contribution in [1.82, 2.24) is 30.2 Å². The van der Waals surface area contributed by atoms with Gasteiger partial charge in [-0.1, -0.05) is 175 Å². The molecule has 0 radical (unpaired) electrons. The van der Waals surface area contributed by atoms with Crippen LogP contribution in [0.4, 0.5) is 0 Å². The molecule has 1 aromatic carbocycles. The van der Waals surface area contributed by atoms with Gasteiger partial charge in [0.25, 0.3) is 0 Å². The van der Waals surface area contributed by atoms with Gasteiger partial charge in [-0.05, 0) is 32.0 Å². The average Bonchev–Trinajstić information content (AvgIpc) is 4.10. The predicted molar refractivity (Wildman–Crippen MR) is 225 cm³/mol. The van der Waals surface area contributed by atoms with Crippen molar-refractivity contribution in [3.63, 3.8) is 0 Å². The van der Waals surface area contributed by atoms with Crippen LogP contribution in [0.15, 0.2) is 97.0 Å². The molecule has 0 atom stereocenters. The van der Waals surface area contributed by atoms with Gasteiger partial charge in [-0.15, -0.1) is 11.3 Å². The Hall–Kier alpha value is -2.90. The van der Waals surface area contributed by atoms with Gasteiger partial charge in [0.1, 0.15) is 6.33 Å². The van der Waals surface area contributed by atoms with Gasteiger partial charge in [-0.2, -0.15) is 0 Å². The van der Waals surface area contributed by atoms with E-state index in [1.54, 1.807) is 60.2 Å². The molecule has 1 fully saturated rings. The Bertz CT molecular complexity index is 524. The molecule has 1 aliphatic rings. The van der Waals surface area contributed by atoms with E-state index in [0.717, 1.165) is 0 Å². The summed E-state index contributed by atoms with van der Waals surface area (Å²) in [5.74, 6) is 0. The van der Waals surface area contributed by atoms with Crippen molar-refractivity contribution in [2.75, 3.05) is 13.1 Å². The third-order valence-electron chi connectivity index (χ3n) is 2.85. The second kappa shape index (κ2) is 132. The summed E-state index contributed by atoms with van der Waals surface area (Å²) >= 11 is 1.60. The number of aromatic nitrogens is 5. The largest absolute Gasteiger partial charge is 0.351 e. The third-order valence-corrected chi connectivity index (χ3v) is 3.38. The summed E-state index contributed by atoms with van der Waals surface area (Å²) in [6.07, 6.45) is 14.5. The van der Waals surface area contributed by atoms with E-state index in [1.807, 2.05) is 180 Å². The number of nitrogens with zero attached hydrogens (tertiary/aromatic N) is 4. The van der Waals surface area contributed by atoms with Gasteiger partial charge in [0.15, 0.2) is 0 Å². The lowest BCUT2D eigenvalue weighted by Crippen LogP contribution is -2.03. The summed E-state index contributed by atoms with van der Waals surface area (Å²) in [6, 6.07) is 13.8.